The molecule has 1 aliphatic heterocycles. The van der Waals surface area contributed by atoms with Crippen LogP contribution >= 0.6 is 8.20 Å². The summed E-state index contributed by atoms with van der Waals surface area (Å²) < 4.78 is 4.95. The molecule has 4 nitrogen and oxygen atoms in total. The number of hydrogen-bond acceptors (Lipinski definition) is 3. The summed E-state index contributed by atoms with van der Waals surface area (Å²) in [7, 11) is 0.730. The Hall–Kier alpha value is -0.890. The average molecular weight is 201 g/mol. The lowest BCUT2D eigenvalue weighted by Gasteiger charge is -2.15. The number of cyclic esters (lactones) is 1. The first-order valence-corrected chi connectivity index (χ1v) is 5.25. The highest BCUT2D eigenvalue weighted by atomic mass is 31.1. The van der Waals surface area contributed by atoms with Crippen LogP contribution in [0.2, 0.25) is 0 Å². The maximum atomic E-state index is 11.3. The molecular formula is C8H12NO3P. The minimum absolute atomic E-state index is 0.191. The number of carbonyl (C=O) groups excluding carboxylic acids is 2. The Morgan fingerprint density at radius 2 is 2.38 bits per heavy atom. The summed E-state index contributed by atoms with van der Waals surface area (Å²) in [5, 5.41) is 0. The Morgan fingerprint density at radius 3 is 2.77 bits per heavy atom. The molecule has 2 unspecified atom stereocenters. The third kappa shape index (κ3) is 1.73. The van der Waals surface area contributed by atoms with Crippen molar-refractivity contribution < 1.29 is 14.3 Å². The van der Waals surface area contributed by atoms with Crippen molar-refractivity contribution in [1.82, 2.24) is 4.90 Å². The smallest absolute Gasteiger partial charge is 0.417 e. The topological polar surface area (TPSA) is 46.6 Å². The number of carbonyl (C=O) groups is 2. The first-order valence-electron chi connectivity index (χ1n) is 4.10. The zero-order chi connectivity index (χ0) is 10.0. The van der Waals surface area contributed by atoms with Gasteiger partial charge in [-0.05, 0) is 6.92 Å². The molecule has 0 radical (unpaired) electrons. The number of rotatable bonds is 2. The predicted molar refractivity (Wildman–Crippen MR) is 50.9 cm³/mol. The van der Waals surface area contributed by atoms with Crippen LogP contribution in [0.25, 0.3) is 0 Å². The minimum Gasteiger partial charge on any atom is -0.435 e. The zero-order valence-corrected chi connectivity index (χ0v) is 8.58. The first-order chi connectivity index (χ1) is 6.11. The molecule has 13 heavy (non-hydrogen) atoms. The van der Waals surface area contributed by atoms with Crippen LogP contribution in [-0.4, -0.2) is 35.1 Å². The normalized spacial score (nSPS) is 27.8. The molecule has 0 spiro atoms. The molecule has 2 atom stereocenters. The Bertz CT molecular complexity index is 254. The van der Waals surface area contributed by atoms with Crippen LogP contribution in [0.1, 0.15) is 20.3 Å². The van der Waals surface area contributed by atoms with E-state index in [2.05, 4.69) is 6.30 Å². The summed E-state index contributed by atoms with van der Waals surface area (Å²) in [5.41, 5.74) is 0. The Balaban J connectivity index is 2.81. The van der Waals surface area contributed by atoms with Gasteiger partial charge in [-0.15, -0.1) is 0 Å². The lowest BCUT2D eigenvalue weighted by molar-refractivity contribution is -0.128. The fourth-order valence-electron chi connectivity index (χ4n) is 1.24. The zero-order valence-electron chi connectivity index (χ0n) is 7.69. The van der Waals surface area contributed by atoms with Crippen molar-refractivity contribution in [3.63, 3.8) is 0 Å². The van der Waals surface area contributed by atoms with E-state index in [-0.39, 0.29) is 17.8 Å². The third-order valence-corrected chi connectivity index (χ3v) is 2.89. The van der Waals surface area contributed by atoms with Gasteiger partial charge in [0.1, 0.15) is 0 Å². The summed E-state index contributed by atoms with van der Waals surface area (Å²) in [6.45, 7) is 3.51. The van der Waals surface area contributed by atoms with Gasteiger partial charge in [-0.25, -0.2) is 9.69 Å². The summed E-state index contributed by atoms with van der Waals surface area (Å²) in [6, 6.07) is -0.195. The molecule has 2 amide bonds. The quantitative estimate of drug-likeness (QED) is 0.635. The largest absolute Gasteiger partial charge is 0.435 e. The maximum absolute atomic E-state index is 11.3. The lowest BCUT2D eigenvalue weighted by atomic mass is 10.3. The standard InChI is InChI=1S/C8H12NO3P/c1-4-6(10)9-5(2)7(13-3)12-8(9)11/h5,7H,3-4H2,1-2H3. The molecule has 1 fully saturated rings. The van der Waals surface area contributed by atoms with Crippen molar-refractivity contribution in [3.8, 4) is 0 Å². The van der Waals surface area contributed by atoms with Crippen molar-refractivity contribution in [1.29, 1.82) is 0 Å². The number of amides is 2. The highest BCUT2D eigenvalue weighted by molar-refractivity contribution is 7.37. The van der Waals surface area contributed by atoms with E-state index < -0.39 is 6.09 Å². The van der Waals surface area contributed by atoms with Gasteiger partial charge in [0.05, 0.1) is 6.04 Å². The highest BCUT2D eigenvalue weighted by Crippen LogP contribution is 2.26. The lowest BCUT2D eigenvalue weighted by Crippen LogP contribution is -2.37. The monoisotopic (exact) mass is 201 g/mol. The molecule has 1 aliphatic rings. The number of nitrogens with zero attached hydrogens (tertiary/aromatic N) is 1. The van der Waals surface area contributed by atoms with Gasteiger partial charge in [0.2, 0.25) is 5.91 Å². The predicted octanol–water partition coefficient (Wildman–Crippen LogP) is 1.47. The van der Waals surface area contributed by atoms with Gasteiger partial charge in [0.25, 0.3) is 0 Å². The second-order valence-electron chi connectivity index (χ2n) is 2.81. The van der Waals surface area contributed by atoms with Gasteiger partial charge in [-0.2, -0.15) is 0 Å². The van der Waals surface area contributed by atoms with Gasteiger partial charge in [-0.1, -0.05) is 21.4 Å². The van der Waals surface area contributed by atoms with Crippen LogP contribution in [0.3, 0.4) is 0 Å². The molecule has 0 saturated carbocycles. The first kappa shape index (κ1) is 10.2. The van der Waals surface area contributed by atoms with Crippen molar-refractivity contribution >= 4 is 26.5 Å². The second kappa shape index (κ2) is 3.88. The Morgan fingerprint density at radius 1 is 1.77 bits per heavy atom. The molecule has 0 aromatic heterocycles. The van der Waals surface area contributed by atoms with Crippen molar-refractivity contribution in [2.75, 3.05) is 0 Å². The molecule has 0 aliphatic carbocycles. The average Bonchev–Trinajstić information content (AvgIpc) is 2.40. The van der Waals surface area contributed by atoms with Crippen molar-refractivity contribution in [2.45, 2.75) is 32.2 Å². The van der Waals surface area contributed by atoms with Gasteiger partial charge in [0.15, 0.2) is 5.85 Å². The van der Waals surface area contributed by atoms with E-state index >= 15 is 0 Å². The van der Waals surface area contributed by atoms with E-state index in [1.807, 2.05) is 0 Å². The Kier molecular flexibility index (Phi) is 3.04. The van der Waals surface area contributed by atoms with Crippen molar-refractivity contribution in [3.05, 3.63) is 0 Å². The van der Waals surface area contributed by atoms with Crippen LogP contribution in [0, 0.1) is 0 Å². The van der Waals surface area contributed by atoms with Gasteiger partial charge < -0.3 is 4.74 Å². The van der Waals surface area contributed by atoms with Crippen LogP contribution in [0.15, 0.2) is 0 Å². The molecular weight excluding hydrogens is 189 g/mol. The van der Waals surface area contributed by atoms with Crippen LogP contribution in [0.4, 0.5) is 4.79 Å². The summed E-state index contributed by atoms with van der Waals surface area (Å²) in [5.74, 6) is -0.466. The van der Waals surface area contributed by atoms with E-state index in [1.165, 1.54) is 4.90 Å². The molecule has 0 N–H and O–H groups in total. The van der Waals surface area contributed by atoms with Crippen molar-refractivity contribution in [2.24, 2.45) is 0 Å². The third-order valence-electron chi connectivity index (χ3n) is 1.99. The van der Waals surface area contributed by atoms with Gasteiger partial charge in [0, 0.05) is 6.42 Å². The van der Waals surface area contributed by atoms with E-state index in [4.69, 9.17) is 4.74 Å². The van der Waals surface area contributed by atoms with E-state index in [0.29, 0.717) is 6.42 Å². The van der Waals surface area contributed by atoms with Crippen LogP contribution < -0.4 is 0 Å². The van der Waals surface area contributed by atoms with E-state index in [9.17, 15) is 9.59 Å². The summed E-state index contributed by atoms with van der Waals surface area (Å²) in [6.07, 6.45) is 3.41. The SMILES string of the molecule is C=PC1OC(=O)N(C(=O)CC)C1C. The van der Waals surface area contributed by atoms with Crippen LogP contribution in [-0.2, 0) is 9.53 Å². The fourth-order valence-corrected chi connectivity index (χ4v) is 1.84. The number of imide groups is 1. The molecule has 1 rings (SSSR count). The molecule has 72 valence electrons. The Labute approximate surface area is 78.7 Å². The maximum Gasteiger partial charge on any atom is 0.417 e. The highest BCUT2D eigenvalue weighted by Gasteiger charge is 2.40. The molecule has 0 aromatic rings. The molecule has 1 saturated heterocycles. The number of hydrogen-bond donors (Lipinski definition) is 0. The second-order valence-corrected chi connectivity index (χ2v) is 3.69. The van der Waals surface area contributed by atoms with Crippen LogP contribution in [0.5, 0.6) is 0 Å². The van der Waals surface area contributed by atoms with E-state index in [0.717, 1.165) is 8.20 Å². The summed E-state index contributed by atoms with van der Waals surface area (Å²) in [4.78, 5) is 23.7. The van der Waals surface area contributed by atoms with Gasteiger partial charge in [-0.3, -0.25) is 4.79 Å². The van der Waals surface area contributed by atoms with Gasteiger partial charge >= 0.3 is 6.09 Å². The molecule has 5 heteroatoms. The number of ether oxygens (including phenoxy) is 1. The molecule has 0 aromatic carbocycles. The fraction of sp³-hybridized carbons (Fsp3) is 0.625. The summed E-state index contributed by atoms with van der Waals surface area (Å²) >= 11 is 0. The molecule has 1 heterocycles. The van der Waals surface area contributed by atoms with E-state index in [1.54, 1.807) is 13.8 Å². The molecule has 0 bridgehead atoms. The minimum atomic E-state index is -0.541.